The fourth-order valence-corrected chi connectivity index (χ4v) is 12.0. The first-order valence-electron chi connectivity index (χ1n) is 17.0. The van der Waals surface area contributed by atoms with Crippen LogP contribution in [0.5, 0.6) is 0 Å². The minimum absolute atomic E-state index is 0.0322. The van der Waals surface area contributed by atoms with Crippen LogP contribution in [-0.4, -0.2) is 78.4 Å². The van der Waals surface area contributed by atoms with Gasteiger partial charge in [0.2, 0.25) is 0 Å². The third-order valence-corrected chi connectivity index (χ3v) is 22.6. The average molecular weight is 665 g/mol. The van der Waals surface area contributed by atoms with Crippen molar-refractivity contribution < 1.29 is 37.4 Å². The lowest BCUT2D eigenvalue weighted by Gasteiger charge is -2.70. The van der Waals surface area contributed by atoms with Gasteiger partial charge in [0.05, 0.1) is 30.5 Å². The second-order valence-corrected chi connectivity index (χ2v) is 27.7. The molecule has 256 valence electrons. The smallest absolute Gasteiger partial charge is 0.303 e. The van der Waals surface area contributed by atoms with E-state index < -0.39 is 57.3 Å². The number of hydrogen-bond donors (Lipinski definition) is 0. The first-order valence-corrected chi connectivity index (χ1v) is 22.8. The Balaban J connectivity index is 1.83. The summed E-state index contributed by atoms with van der Waals surface area (Å²) >= 11 is 0. The van der Waals surface area contributed by atoms with Gasteiger partial charge in [0.25, 0.3) is 0 Å². The highest BCUT2D eigenvalue weighted by Crippen LogP contribution is 2.74. The lowest BCUT2D eigenvalue weighted by molar-refractivity contribution is -0.324. The van der Waals surface area contributed by atoms with E-state index in [1.54, 1.807) is 13.2 Å². The lowest BCUT2D eigenvalue weighted by atomic mass is 9.38. The molecule has 8 nitrogen and oxygen atoms in total. The lowest BCUT2D eigenvalue weighted by Crippen LogP contribution is -2.78. The molecule has 10 heteroatoms. The predicted octanol–water partition coefficient (Wildman–Crippen LogP) is 7.04. The summed E-state index contributed by atoms with van der Waals surface area (Å²) < 4.78 is 41.3. The van der Waals surface area contributed by atoms with Gasteiger partial charge in [-0.15, -0.1) is 0 Å². The van der Waals surface area contributed by atoms with Crippen LogP contribution < -0.4 is 0 Å². The fraction of sp³-hybridized carbons (Fsp3) is 0.886. The Morgan fingerprint density at radius 3 is 2.09 bits per heavy atom. The number of methoxy groups -OCH3 is 1. The maximum absolute atomic E-state index is 14.0. The summed E-state index contributed by atoms with van der Waals surface area (Å²) in [6.45, 7) is 31.1. The highest BCUT2D eigenvalue weighted by Gasteiger charge is 2.81. The molecule has 1 spiro atoms. The number of allylic oxidation sites excluding steroid dienone is 1. The normalized spacial score (nSPS) is 43.4. The molecule has 0 aromatic heterocycles. The molecule has 5 rings (SSSR count). The van der Waals surface area contributed by atoms with Crippen LogP contribution >= 0.6 is 0 Å². The first-order chi connectivity index (χ1) is 20.4. The van der Waals surface area contributed by atoms with E-state index in [0.29, 0.717) is 19.4 Å². The minimum Gasteiger partial charge on any atom is -0.454 e. The zero-order chi connectivity index (χ0) is 33.9. The van der Waals surface area contributed by atoms with E-state index in [-0.39, 0.29) is 46.0 Å². The number of ether oxygens (including phenoxy) is 4. The number of hydrogen-bond acceptors (Lipinski definition) is 8. The first kappa shape index (κ1) is 35.4. The van der Waals surface area contributed by atoms with Crippen LogP contribution in [0.15, 0.2) is 11.6 Å². The van der Waals surface area contributed by atoms with Gasteiger partial charge in [0.15, 0.2) is 34.8 Å². The summed E-state index contributed by atoms with van der Waals surface area (Å²) in [7, 11) is -3.09. The Kier molecular flexibility index (Phi) is 8.51. The Labute approximate surface area is 273 Å². The van der Waals surface area contributed by atoms with E-state index in [2.05, 4.69) is 81.6 Å². The SMILES string of the molecule is CO[C@@H]1C[C@H]2[C@]3(C)OC[C@@]24[C@H]([C@H](O[Si](C)(C)C(C)(C)C)[C@@H]3O[Si](C)(C)C(C)(C)C)[C@]2(C)[C@@H](C[C@H]4O1)C(C)=CC(=O)[C@@H]2OC(C)=O. The maximum atomic E-state index is 14.0. The van der Waals surface area contributed by atoms with Crippen molar-refractivity contribution in [2.75, 3.05) is 13.7 Å². The Morgan fingerprint density at radius 2 is 1.56 bits per heavy atom. The van der Waals surface area contributed by atoms with Crippen molar-refractivity contribution >= 4 is 28.4 Å². The molecule has 5 aliphatic rings. The molecular weight excluding hydrogens is 605 g/mol. The molecule has 0 radical (unpaired) electrons. The van der Waals surface area contributed by atoms with Gasteiger partial charge >= 0.3 is 5.97 Å². The van der Waals surface area contributed by atoms with E-state index in [9.17, 15) is 9.59 Å². The standard InChI is InChI=1S/C35H60O8Si2/c1-20-16-23(37)29(40-21(2)36)33(9)22(20)17-25-35-19-39-34(10,24(35)18-26(38-11)41-25)30(43-45(14,15)32(6,7)8)27(28(33)35)42-44(12,13)31(3,4)5/h16,22,24-30H,17-19H2,1-15H3/t22-,24-,25+,26-,27-,28+,29-,30-,33-,34-,35+/m0/s1. The van der Waals surface area contributed by atoms with Gasteiger partial charge in [0.1, 0.15) is 0 Å². The van der Waals surface area contributed by atoms with Crippen molar-refractivity contribution in [3.05, 3.63) is 11.6 Å². The van der Waals surface area contributed by atoms with Gasteiger partial charge in [0, 0.05) is 43.1 Å². The van der Waals surface area contributed by atoms with Crippen molar-refractivity contribution in [2.45, 2.75) is 155 Å². The van der Waals surface area contributed by atoms with Crippen molar-refractivity contribution in [3.8, 4) is 0 Å². The summed E-state index contributed by atoms with van der Waals surface area (Å²) in [5.41, 5.74) is -0.912. The van der Waals surface area contributed by atoms with Gasteiger partial charge in [-0.3, -0.25) is 9.59 Å². The molecule has 45 heavy (non-hydrogen) atoms. The second-order valence-electron chi connectivity index (χ2n) is 18.2. The number of carbonyl (C=O) groups excluding carboxylic acids is 2. The van der Waals surface area contributed by atoms with Crippen molar-refractivity contribution in [3.63, 3.8) is 0 Å². The quantitative estimate of drug-likeness (QED) is 0.221. The molecule has 2 saturated heterocycles. The van der Waals surface area contributed by atoms with Gasteiger partial charge in [-0.25, -0.2) is 0 Å². The van der Waals surface area contributed by atoms with Crippen LogP contribution in [0, 0.1) is 28.6 Å². The Bertz CT molecular complexity index is 1250. The number of ketones is 1. The van der Waals surface area contributed by atoms with E-state index in [4.69, 9.17) is 27.8 Å². The molecular formula is C35H60O8Si2. The van der Waals surface area contributed by atoms with Gasteiger partial charge in [-0.2, -0.15) is 0 Å². The zero-order valence-corrected chi connectivity index (χ0v) is 32.6. The van der Waals surface area contributed by atoms with E-state index in [1.807, 2.05) is 6.92 Å². The van der Waals surface area contributed by atoms with Gasteiger partial charge in [-0.05, 0) is 68.5 Å². The molecule has 0 amide bonds. The molecule has 0 aromatic rings. The highest BCUT2D eigenvalue weighted by atomic mass is 28.4. The van der Waals surface area contributed by atoms with Crippen molar-refractivity contribution in [2.24, 2.45) is 28.6 Å². The summed E-state index contributed by atoms with van der Waals surface area (Å²) in [6, 6.07) is 0. The highest BCUT2D eigenvalue weighted by molar-refractivity contribution is 6.74. The summed E-state index contributed by atoms with van der Waals surface area (Å²) in [4.78, 5) is 26.7. The molecule has 2 bridgehead atoms. The Hall–Kier alpha value is -0.886. The van der Waals surface area contributed by atoms with Gasteiger partial charge < -0.3 is 27.8 Å². The third-order valence-electron chi connectivity index (χ3n) is 13.7. The van der Waals surface area contributed by atoms with Crippen LogP contribution in [0.4, 0.5) is 0 Å². The van der Waals surface area contributed by atoms with E-state index in [0.717, 1.165) is 5.57 Å². The summed E-state index contributed by atoms with van der Waals surface area (Å²) in [5.74, 6) is -0.881. The van der Waals surface area contributed by atoms with Gasteiger partial charge in [-0.1, -0.05) is 54.0 Å². The molecule has 0 aromatic carbocycles. The number of rotatable bonds is 6. The largest absolute Gasteiger partial charge is 0.454 e. The molecule has 0 unspecified atom stereocenters. The van der Waals surface area contributed by atoms with E-state index >= 15 is 0 Å². The van der Waals surface area contributed by atoms with Crippen LogP contribution in [0.25, 0.3) is 0 Å². The molecule has 4 fully saturated rings. The molecule has 11 atom stereocenters. The van der Waals surface area contributed by atoms with Crippen LogP contribution in [0.3, 0.4) is 0 Å². The number of fused-ring (bicyclic) bond motifs is 2. The van der Waals surface area contributed by atoms with Crippen LogP contribution in [0.1, 0.15) is 82.1 Å². The molecule has 0 N–H and O–H groups in total. The second kappa shape index (κ2) is 10.8. The maximum Gasteiger partial charge on any atom is 0.303 e. The van der Waals surface area contributed by atoms with Crippen molar-refractivity contribution in [1.29, 1.82) is 0 Å². The van der Waals surface area contributed by atoms with Crippen LogP contribution in [-0.2, 0) is 37.4 Å². The number of esters is 1. The fourth-order valence-electron chi connectivity index (χ4n) is 9.39. The van der Waals surface area contributed by atoms with E-state index in [1.165, 1.54) is 6.92 Å². The summed E-state index contributed by atoms with van der Waals surface area (Å²) in [6.07, 6.45) is 0.751. The summed E-state index contributed by atoms with van der Waals surface area (Å²) in [5, 5.41) is -0.124. The molecule has 2 aliphatic heterocycles. The van der Waals surface area contributed by atoms with Crippen molar-refractivity contribution in [1.82, 2.24) is 0 Å². The Morgan fingerprint density at radius 1 is 0.978 bits per heavy atom. The van der Waals surface area contributed by atoms with Crippen LogP contribution in [0.2, 0.25) is 36.3 Å². The molecule has 2 heterocycles. The minimum atomic E-state index is -2.43. The molecule has 2 saturated carbocycles. The topological polar surface area (TPSA) is 89.5 Å². The molecule has 3 aliphatic carbocycles. The zero-order valence-electron chi connectivity index (χ0n) is 30.6. The third kappa shape index (κ3) is 5.05. The monoisotopic (exact) mass is 664 g/mol. The average Bonchev–Trinajstić information content (AvgIpc) is 3.13. The number of carbonyl (C=O) groups is 2. The predicted molar refractivity (Wildman–Crippen MR) is 179 cm³/mol.